The molecule has 0 aliphatic heterocycles. The highest BCUT2D eigenvalue weighted by atomic mass is 35.5. The van der Waals surface area contributed by atoms with Crippen LogP contribution in [0.1, 0.15) is 0 Å². The first-order valence-electron chi connectivity index (χ1n) is 4.69. The van der Waals surface area contributed by atoms with Gasteiger partial charge in [0.1, 0.15) is 0 Å². The molecule has 2 rings (SSSR count). The Balaban J connectivity index is 2.60. The second-order valence-corrected chi connectivity index (χ2v) is 5.11. The second-order valence-electron chi connectivity index (χ2n) is 3.48. The van der Waals surface area contributed by atoms with Crippen LogP contribution in [0, 0.1) is 0 Å². The lowest BCUT2D eigenvalue weighted by Gasteiger charge is -2.08. The van der Waals surface area contributed by atoms with E-state index in [4.69, 9.17) is 52.1 Å². The Morgan fingerprint density at radius 3 is 2.00 bits per heavy atom. The maximum absolute atomic E-state index is 6.11. The van der Waals surface area contributed by atoms with Gasteiger partial charge in [0.2, 0.25) is 0 Å². The molecule has 0 unspecified atom stereocenters. The largest absolute Gasteiger partial charge is 0.398 e. The molecule has 2 aromatic rings. The number of nitrogens with two attached hydrogens (primary N) is 1. The zero-order chi connectivity index (χ0) is 12.6. The van der Waals surface area contributed by atoms with Gasteiger partial charge in [0.25, 0.3) is 0 Å². The fourth-order valence-corrected chi connectivity index (χ4v) is 2.27. The molecule has 5 heteroatoms. The third-order valence-corrected chi connectivity index (χ3v) is 3.68. The van der Waals surface area contributed by atoms with Crippen molar-refractivity contribution in [2.45, 2.75) is 0 Å². The molecule has 0 spiro atoms. The van der Waals surface area contributed by atoms with E-state index in [1.807, 2.05) is 6.07 Å². The molecule has 0 fully saturated rings. The molecule has 0 aromatic heterocycles. The Hall–Kier alpha value is -0.600. The topological polar surface area (TPSA) is 26.0 Å². The Labute approximate surface area is 119 Å². The van der Waals surface area contributed by atoms with Crippen LogP contribution >= 0.6 is 46.4 Å². The normalized spacial score (nSPS) is 10.6. The molecule has 1 nitrogen and oxygen atoms in total. The fraction of sp³-hybridized carbons (Fsp3) is 0. The zero-order valence-corrected chi connectivity index (χ0v) is 11.5. The smallest absolute Gasteiger partial charge is 0.0641 e. The maximum Gasteiger partial charge on any atom is 0.0641 e. The highest BCUT2D eigenvalue weighted by Gasteiger charge is 2.09. The van der Waals surface area contributed by atoms with E-state index in [0.29, 0.717) is 25.8 Å². The number of hydrogen-bond acceptors (Lipinski definition) is 1. The van der Waals surface area contributed by atoms with Crippen LogP contribution < -0.4 is 5.73 Å². The summed E-state index contributed by atoms with van der Waals surface area (Å²) < 4.78 is 0. The standard InChI is InChI=1S/C12H7Cl4N/c13-8-5-10(15)9(14)4-7(8)6-1-2-12(17)11(16)3-6/h1-5H,17H2. The lowest BCUT2D eigenvalue weighted by atomic mass is 10.1. The van der Waals surface area contributed by atoms with Gasteiger partial charge in [0.15, 0.2) is 0 Å². The van der Waals surface area contributed by atoms with E-state index in [9.17, 15) is 0 Å². The molecule has 0 heterocycles. The minimum absolute atomic E-state index is 0.418. The molecule has 2 aromatic carbocycles. The van der Waals surface area contributed by atoms with E-state index in [-0.39, 0.29) is 0 Å². The van der Waals surface area contributed by atoms with Gasteiger partial charge in [-0.2, -0.15) is 0 Å². The molecule has 0 saturated heterocycles. The second kappa shape index (κ2) is 4.95. The monoisotopic (exact) mass is 305 g/mol. The van der Waals surface area contributed by atoms with Crippen LogP contribution in [-0.2, 0) is 0 Å². The van der Waals surface area contributed by atoms with E-state index >= 15 is 0 Å². The number of anilines is 1. The van der Waals surface area contributed by atoms with Crippen LogP contribution in [0.5, 0.6) is 0 Å². The third kappa shape index (κ3) is 2.63. The summed E-state index contributed by atoms with van der Waals surface area (Å²) in [6, 6.07) is 8.59. The minimum Gasteiger partial charge on any atom is -0.398 e. The maximum atomic E-state index is 6.11. The molecule has 2 N–H and O–H groups in total. The Bertz CT molecular complexity index is 581. The van der Waals surface area contributed by atoms with E-state index < -0.39 is 0 Å². The summed E-state index contributed by atoms with van der Waals surface area (Å²) in [4.78, 5) is 0. The average molecular weight is 307 g/mol. The van der Waals surface area contributed by atoms with Gasteiger partial charge in [-0.05, 0) is 29.8 Å². The molecule has 0 saturated carbocycles. The molecule has 0 amide bonds. The van der Waals surface area contributed by atoms with Gasteiger partial charge in [-0.3, -0.25) is 0 Å². The van der Waals surface area contributed by atoms with Crippen molar-refractivity contribution < 1.29 is 0 Å². The van der Waals surface area contributed by atoms with Crippen molar-refractivity contribution in [1.29, 1.82) is 0 Å². The van der Waals surface area contributed by atoms with Crippen molar-refractivity contribution in [3.63, 3.8) is 0 Å². The fourth-order valence-electron chi connectivity index (χ4n) is 1.44. The quantitative estimate of drug-likeness (QED) is 0.542. The van der Waals surface area contributed by atoms with Crippen LogP contribution in [0.25, 0.3) is 11.1 Å². The lowest BCUT2D eigenvalue weighted by Crippen LogP contribution is -1.87. The van der Waals surface area contributed by atoms with E-state index in [0.717, 1.165) is 11.1 Å². The average Bonchev–Trinajstić information content (AvgIpc) is 2.27. The summed E-state index contributed by atoms with van der Waals surface area (Å²) in [6.07, 6.45) is 0. The van der Waals surface area contributed by atoms with Gasteiger partial charge in [-0.25, -0.2) is 0 Å². The summed E-state index contributed by atoms with van der Waals surface area (Å²) in [5.41, 5.74) is 7.77. The molecular weight excluding hydrogens is 300 g/mol. The van der Waals surface area contributed by atoms with Crippen LogP contribution in [0.2, 0.25) is 20.1 Å². The number of halogens is 4. The predicted molar refractivity (Wildman–Crippen MR) is 76.3 cm³/mol. The molecular formula is C12H7Cl4N. The van der Waals surface area contributed by atoms with Crippen LogP contribution in [0.15, 0.2) is 30.3 Å². The molecule has 0 aliphatic carbocycles. The molecule has 17 heavy (non-hydrogen) atoms. The van der Waals surface area contributed by atoms with Gasteiger partial charge in [-0.1, -0.05) is 52.5 Å². The van der Waals surface area contributed by atoms with Gasteiger partial charge in [0.05, 0.1) is 20.8 Å². The molecule has 0 atom stereocenters. The van der Waals surface area contributed by atoms with Crippen LogP contribution in [-0.4, -0.2) is 0 Å². The van der Waals surface area contributed by atoms with Crippen molar-refractivity contribution in [2.24, 2.45) is 0 Å². The molecule has 0 aliphatic rings. The molecule has 0 radical (unpaired) electrons. The highest BCUT2D eigenvalue weighted by Crippen LogP contribution is 2.36. The first-order valence-corrected chi connectivity index (χ1v) is 6.20. The Morgan fingerprint density at radius 2 is 1.35 bits per heavy atom. The molecule has 0 bridgehead atoms. The number of benzene rings is 2. The SMILES string of the molecule is Nc1ccc(-c2cc(Cl)c(Cl)cc2Cl)cc1Cl. The van der Waals surface area contributed by atoms with Gasteiger partial charge < -0.3 is 5.73 Å². The summed E-state index contributed by atoms with van der Waals surface area (Å²) in [5, 5.41) is 1.85. The first kappa shape index (κ1) is 12.8. The van der Waals surface area contributed by atoms with Gasteiger partial charge in [0, 0.05) is 10.6 Å². The van der Waals surface area contributed by atoms with Crippen molar-refractivity contribution in [1.82, 2.24) is 0 Å². The predicted octanol–water partition coefficient (Wildman–Crippen LogP) is 5.55. The van der Waals surface area contributed by atoms with E-state index in [1.165, 1.54) is 0 Å². The number of rotatable bonds is 1. The van der Waals surface area contributed by atoms with Crippen molar-refractivity contribution in [3.8, 4) is 11.1 Å². The number of nitrogen functional groups attached to an aromatic ring is 1. The van der Waals surface area contributed by atoms with Crippen molar-refractivity contribution in [2.75, 3.05) is 5.73 Å². The highest BCUT2D eigenvalue weighted by molar-refractivity contribution is 6.44. The summed E-state index contributed by atoms with van der Waals surface area (Å²) in [6.45, 7) is 0. The zero-order valence-electron chi connectivity index (χ0n) is 8.48. The van der Waals surface area contributed by atoms with Crippen LogP contribution in [0.3, 0.4) is 0 Å². The third-order valence-electron chi connectivity index (χ3n) is 2.32. The Kier molecular flexibility index (Phi) is 3.74. The summed E-state index contributed by atoms with van der Waals surface area (Å²) in [5.74, 6) is 0. The van der Waals surface area contributed by atoms with Gasteiger partial charge >= 0.3 is 0 Å². The van der Waals surface area contributed by atoms with Crippen LogP contribution in [0.4, 0.5) is 5.69 Å². The summed E-state index contributed by atoms with van der Waals surface area (Å²) >= 11 is 23.9. The van der Waals surface area contributed by atoms with E-state index in [1.54, 1.807) is 24.3 Å². The lowest BCUT2D eigenvalue weighted by molar-refractivity contribution is 1.61. The van der Waals surface area contributed by atoms with Crippen molar-refractivity contribution >= 4 is 52.1 Å². The van der Waals surface area contributed by atoms with Gasteiger partial charge in [-0.15, -0.1) is 0 Å². The number of hydrogen-bond donors (Lipinski definition) is 1. The minimum atomic E-state index is 0.418. The van der Waals surface area contributed by atoms with Crippen molar-refractivity contribution in [3.05, 3.63) is 50.4 Å². The molecule has 88 valence electrons. The first-order chi connectivity index (χ1) is 7.99. The summed E-state index contributed by atoms with van der Waals surface area (Å²) in [7, 11) is 0. The van der Waals surface area contributed by atoms with E-state index in [2.05, 4.69) is 0 Å². The Morgan fingerprint density at radius 1 is 0.706 bits per heavy atom.